The Morgan fingerprint density at radius 1 is 1.33 bits per heavy atom. The maximum Gasteiger partial charge on any atom is 0.266 e. The summed E-state index contributed by atoms with van der Waals surface area (Å²) >= 11 is 0. The van der Waals surface area contributed by atoms with E-state index in [-0.39, 0.29) is 29.2 Å². The molecule has 1 heterocycles. The van der Waals surface area contributed by atoms with Crippen LogP contribution in [0.1, 0.15) is 30.4 Å². The van der Waals surface area contributed by atoms with E-state index in [2.05, 4.69) is 5.10 Å². The lowest BCUT2D eigenvalue weighted by molar-refractivity contribution is -0.127. The van der Waals surface area contributed by atoms with Gasteiger partial charge in [-0.25, -0.2) is 12.7 Å². The van der Waals surface area contributed by atoms with Gasteiger partial charge in [-0.05, 0) is 43.9 Å². The number of carbonyl (C=O) groups excluding carboxylic acids is 1. The highest BCUT2D eigenvalue weighted by molar-refractivity contribution is 7.89. The van der Waals surface area contributed by atoms with Crippen LogP contribution in [-0.2, 0) is 21.9 Å². The van der Waals surface area contributed by atoms with Crippen molar-refractivity contribution in [3.8, 4) is 0 Å². The molecule has 128 valence electrons. The maximum atomic E-state index is 12.8. The van der Waals surface area contributed by atoms with Crippen LogP contribution in [0, 0.1) is 12.8 Å². The normalized spacial score (nSPS) is 20.0. The van der Waals surface area contributed by atoms with E-state index in [1.54, 1.807) is 42.1 Å². The second-order valence-corrected chi connectivity index (χ2v) is 8.08. The van der Waals surface area contributed by atoms with Gasteiger partial charge in [-0.15, -0.1) is 0 Å². The molecule has 2 atom stereocenters. The Hall–Kier alpha value is -2.15. The van der Waals surface area contributed by atoms with E-state index in [1.165, 1.54) is 0 Å². The van der Waals surface area contributed by atoms with Crippen molar-refractivity contribution in [2.45, 2.75) is 31.1 Å². The number of benzene rings is 1. The Balaban J connectivity index is 1.81. The van der Waals surface area contributed by atoms with Crippen LogP contribution in [0.4, 0.5) is 0 Å². The van der Waals surface area contributed by atoms with Gasteiger partial charge < -0.3 is 0 Å². The summed E-state index contributed by atoms with van der Waals surface area (Å²) in [5, 5.41) is 4.11. The summed E-state index contributed by atoms with van der Waals surface area (Å²) < 4.78 is 28.3. The first kappa shape index (κ1) is 16.7. The topological polar surface area (TPSA) is 72.3 Å². The van der Waals surface area contributed by atoms with Crippen LogP contribution in [0.3, 0.4) is 0 Å². The number of aryl methyl sites for hydroxylation is 2. The van der Waals surface area contributed by atoms with E-state index in [1.807, 2.05) is 20.2 Å². The highest BCUT2D eigenvalue weighted by Crippen LogP contribution is 2.48. The molecule has 1 saturated carbocycles. The average molecular weight is 347 g/mol. The SMILES string of the molecule is CCN(C(=O)[C@H]1C[C@H]1c1cnn(C)c1)S(=O)(=O)c1ccc(C)cc1. The van der Waals surface area contributed by atoms with Gasteiger partial charge in [-0.1, -0.05) is 17.7 Å². The number of carbonyl (C=O) groups is 1. The van der Waals surface area contributed by atoms with E-state index < -0.39 is 10.0 Å². The summed E-state index contributed by atoms with van der Waals surface area (Å²) in [7, 11) is -1.99. The number of nitrogens with zero attached hydrogens (tertiary/aromatic N) is 3. The molecular weight excluding hydrogens is 326 g/mol. The number of hydrogen-bond acceptors (Lipinski definition) is 4. The standard InChI is InChI=1S/C17H21N3O3S/c1-4-20(24(22,23)14-7-5-12(2)6-8-14)17(21)16-9-15(16)13-10-18-19(3)11-13/h5-8,10-11,15-16H,4,9H2,1-3H3/t15-,16-/m0/s1. The molecule has 0 unspecified atom stereocenters. The van der Waals surface area contributed by atoms with E-state index in [4.69, 9.17) is 0 Å². The van der Waals surface area contributed by atoms with Gasteiger partial charge in [0.1, 0.15) is 0 Å². The van der Waals surface area contributed by atoms with Crippen molar-refractivity contribution in [2.24, 2.45) is 13.0 Å². The Kier molecular flexibility index (Phi) is 4.21. The van der Waals surface area contributed by atoms with Crippen molar-refractivity contribution in [1.29, 1.82) is 0 Å². The monoisotopic (exact) mass is 347 g/mol. The van der Waals surface area contributed by atoms with Crippen molar-refractivity contribution in [1.82, 2.24) is 14.1 Å². The molecule has 1 aliphatic rings. The number of hydrogen-bond donors (Lipinski definition) is 0. The number of rotatable bonds is 5. The Morgan fingerprint density at radius 2 is 2.00 bits per heavy atom. The molecule has 1 amide bonds. The van der Waals surface area contributed by atoms with Crippen molar-refractivity contribution in [2.75, 3.05) is 6.54 Å². The van der Waals surface area contributed by atoms with Gasteiger partial charge in [0.2, 0.25) is 5.91 Å². The summed E-state index contributed by atoms with van der Waals surface area (Å²) in [5.41, 5.74) is 1.96. The van der Waals surface area contributed by atoms with Crippen molar-refractivity contribution >= 4 is 15.9 Å². The summed E-state index contributed by atoms with van der Waals surface area (Å²) in [5.74, 6) is -0.547. The van der Waals surface area contributed by atoms with Crippen molar-refractivity contribution < 1.29 is 13.2 Å². The molecule has 0 radical (unpaired) electrons. The fourth-order valence-electron chi connectivity index (χ4n) is 2.93. The molecule has 1 aromatic heterocycles. The van der Waals surface area contributed by atoms with Gasteiger partial charge in [0.25, 0.3) is 10.0 Å². The summed E-state index contributed by atoms with van der Waals surface area (Å²) in [6.45, 7) is 3.71. The maximum absolute atomic E-state index is 12.8. The molecule has 7 heteroatoms. The average Bonchev–Trinajstić information content (AvgIpc) is 3.22. The lowest BCUT2D eigenvalue weighted by atomic mass is 10.2. The minimum Gasteiger partial charge on any atom is -0.276 e. The third-order valence-corrected chi connectivity index (χ3v) is 6.29. The lowest BCUT2D eigenvalue weighted by Crippen LogP contribution is -2.38. The first-order valence-corrected chi connectivity index (χ1v) is 9.40. The van der Waals surface area contributed by atoms with Gasteiger partial charge in [-0.2, -0.15) is 5.10 Å². The second-order valence-electron chi connectivity index (χ2n) is 6.22. The van der Waals surface area contributed by atoms with Crippen LogP contribution >= 0.6 is 0 Å². The molecule has 0 aliphatic heterocycles. The first-order valence-electron chi connectivity index (χ1n) is 7.96. The predicted molar refractivity (Wildman–Crippen MR) is 89.8 cm³/mol. The van der Waals surface area contributed by atoms with Crippen LogP contribution in [-0.4, -0.2) is 35.0 Å². The molecule has 24 heavy (non-hydrogen) atoms. The molecular formula is C17H21N3O3S. The van der Waals surface area contributed by atoms with E-state index in [9.17, 15) is 13.2 Å². The van der Waals surface area contributed by atoms with Crippen LogP contribution in [0.25, 0.3) is 0 Å². The zero-order chi connectivity index (χ0) is 17.5. The van der Waals surface area contributed by atoms with Gasteiger partial charge in [-0.3, -0.25) is 9.48 Å². The van der Waals surface area contributed by atoms with Crippen LogP contribution in [0.15, 0.2) is 41.6 Å². The molecule has 0 saturated heterocycles. The fourth-order valence-corrected chi connectivity index (χ4v) is 4.38. The smallest absolute Gasteiger partial charge is 0.266 e. The highest BCUT2D eigenvalue weighted by Gasteiger charge is 2.48. The summed E-state index contributed by atoms with van der Waals surface area (Å²) in [6, 6.07) is 6.57. The third-order valence-electron chi connectivity index (χ3n) is 4.40. The van der Waals surface area contributed by atoms with Gasteiger partial charge >= 0.3 is 0 Å². The second kappa shape index (κ2) is 6.05. The Morgan fingerprint density at radius 3 is 2.54 bits per heavy atom. The fraction of sp³-hybridized carbons (Fsp3) is 0.412. The van der Waals surface area contributed by atoms with E-state index in [0.29, 0.717) is 6.42 Å². The molecule has 1 aliphatic carbocycles. The zero-order valence-corrected chi connectivity index (χ0v) is 14.8. The quantitative estimate of drug-likeness (QED) is 0.830. The van der Waals surface area contributed by atoms with Crippen molar-refractivity contribution in [3.05, 3.63) is 47.8 Å². The van der Waals surface area contributed by atoms with Crippen LogP contribution < -0.4 is 0 Å². The molecule has 2 aromatic rings. The Bertz CT molecular complexity index is 855. The van der Waals surface area contributed by atoms with Crippen LogP contribution in [0.2, 0.25) is 0 Å². The molecule has 6 nitrogen and oxygen atoms in total. The molecule has 0 N–H and O–H groups in total. The largest absolute Gasteiger partial charge is 0.276 e. The molecule has 0 bridgehead atoms. The predicted octanol–water partition coefficient (Wildman–Crippen LogP) is 2.07. The van der Waals surface area contributed by atoms with Crippen LogP contribution in [0.5, 0.6) is 0 Å². The van der Waals surface area contributed by atoms with E-state index >= 15 is 0 Å². The number of aromatic nitrogens is 2. The minimum atomic E-state index is -3.81. The molecule has 0 spiro atoms. The number of amides is 1. The summed E-state index contributed by atoms with van der Waals surface area (Å²) in [6.07, 6.45) is 4.29. The zero-order valence-electron chi connectivity index (χ0n) is 14.0. The summed E-state index contributed by atoms with van der Waals surface area (Å²) in [4.78, 5) is 12.9. The van der Waals surface area contributed by atoms with Gasteiger partial charge in [0.05, 0.1) is 11.1 Å². The first-order chi connectivity index (χ1) is 11.3. The lowest BCUT2D eigenvalue weighted by Gasteiger charge is -2.21. The Labute approximate surface area is 142 Å². The highest BCUT2D eigenvalue weighted by atomic mass is 32.2. The van der Waals surface area contributed by atoms with Gasteiger partial charge in [0.15, 0.2) is 0 Å². The van der Waals surface area contributed by atoms with Crippen molar-refractivity contribution in [3.63, 3.8) is 0 Å². The molecule has 1 fully saturated rings. The number of sulfonamides is 1. The third kappa shape index (κ3) is 2.96. The van der Waals surface area contributed by atoms with E-state index in [0.717, 1.165) is 15.4 Å². The van der Waals surface area contributed by atoms with Gasteiger partial charge in [0, 0.05) is 25.7 Å². The molecule has 3 rings (SSSR count). The molecule has 1 aromatic carbocycles. The minimum absolute atomic E-state index is 0.0634.